The first-order valence-corrected chi connectivity index (χ1v) is 11.8. The molecule has 0 spiro atoms. The first kappa shape index (κ1) is 22.0. The van der Waals surface area contributed by atoms with E-state index >= 15 is 0 Å². The maximum atomic E-state index is 13.1. The number of ether oxygens (including phenoxy) is 1. The number of benzene rings is 2. The van der Waals surface area contributed by atoms with Gasteiger partial charge in [-0.15, -0.1) is 11.3 Å². The molecule has 0 bridgehead atoms. The van der Waals surface area contributed by atoms with Crippen molar-refractivity contribution < 1.29 is 22.7 Å². The highest BCUT2D eigenvalue weighted by atomic mass is 35.5. The third-order valence-electron chi connectivity index (χ3n) is 4.39. The lowest BCUT2D eigenvalue weighted by Gasteiger charge is -2.07. The highest BCUT2D eigenvalue weighted by Crippen LogP contribution is 2.37. The van der Waals surface area contributed by atoms with Crippen LogP contribution in [0.2, 0.25) is 5.02 Å². The van der Waals surface area contributed by atoms with Gasteiger partial charge in [-0.3, -0.25) is 4.79 Å². The molecular formula is C21H18ClNO5S2. The zero-order valence-corrected chi connectivity index (χ0v) is 18.7. The lowest BCUT2D eigenvalue weighted by Crippen LogP contribution is -2.07. The number of thiophene rings is 1. The standard InChI is InChI=1S/C21H18ClNO5S2/c1-12-17(21(25)28-2)20(23-15-8-6-14(22)7-9-15)29-19(12)18(24)13-4-10-16(11-5-13)30(3,26)27/h4-11,23H,1-3H3. The van der Waals surface area contributed by atoms with E-state index in [9.17, 15) is 18.0 Å². The molecule has 0 amide bonds. The molecular weight excluding hydrogens is 446 g/mol. The Hall–Kier alpha value is -2.68. The summed E-state index contributed by atoms with van der Waals surface area (Å²) in [5.74, 6) is -0.876. The Balaban J connectivity index is 2.02. The van der Waals surface area contributed by atoms with Gasteiger partial charge in [-0.05, 0) is 61.0 Å². The average molecular weight is 464 g/mol. The van der Waals surface area contributed by atoms with E-state index in [1.165, 1.54) is 31.4 Å². The maximum Gasteiger partial charge on any atom is 0.341 e. The summed E-state index contributed by atoms with van der Waals surface area (Å²) >= 11 is 7.04. The van der Waals surface area contributed by atoms with Crippen LogP contribution in [0.25, 0.3) is 0 Å². The van der Waals surface area contributed by atoms with Crippen LogP contribution in [0.5, 0.6) is 0 Å². The van der Waals surface area contributed by atoms with Crippen LogP contribution in [-0.2, 0) is 14.6 Å². The summed E-state index contributed by atoms with van der Waals surface area (Å²) in [4.78, 5) is 25.9. The van der Waals surface area contributed by atoms with E-state index in [0.717, 1.165) is 17.6 Å². The van der Waals surface area contributed by atoms with Crippen molar-refractivity contribution in [3.63, 3.8) is 0 Å². The number of hydrogen-bond acceptors (Lipinski definition) is 7. The molecule has 0 radical (unpaired) electrons. The first-order chi connectivity index (χ1) is 14.1. The number of ketones is 1. The summed E-state index contributed by atoms with van der Waals surface area (Å²) in [5.41, 5.74) is 1.78. The van der Waals surface area contributed by atoms with Gasteiger partial charge in [0.25, 0.3) is 0 Å². The third-order valence-corrected chi connectivity index (χ3v) is 6.98. The number of sulfone groups is 1. The van der Waals surface area contributed by atoms with Crippen LogP contribution < -0.4 is 5.32 Å². The Labute approximate surface area is 183 Å². The summed E-state index contributed by atoms with van der Waals surface area (Å²) in [5, 5.41) is 4.18. The number of methoxy groups -OCH3 is 1. The fraction of sp³-hybridized carbons (Fsp3) is 0.143. The Morgan fingerprint density at radius 1 is 1.03 bits per heavy atom. The number of rotatable bonds is 6. The lowest BCUT2D eigenvalue weighted by atomic mass is 10.0. The Morgan fingerprint density at radius 3 is 2.17 bits per heavy atom. The normalized spacial score (nSPS) is 11.2. The number of carbonyl (C=O) groups excluding carboxylic acids is 2. The molecule has 0 aliphatic heterocycles. The van der Waals surface area contributed by atoms with Crippen LogP contribution in [0.4, 0.5) is 10.7 Å². The Morgan fingerprint density at radius 2 is 1.63 bits per heavy atom. The molecule has 0 fully saturated rings. The SMILES string of the molecule is COC(=O)c1c(Nc2ccc(Cl)cc2)sc(C(=O)c2ccc(S(C)(=O)=O)cc2)c1C. The van der Waals surface area contributed by atoms with Gasteiger partial charge in [0.05, 0.1) is 22.4 Å². The fourth-order valence-electron chi connectivity index (χ4n) is 2.81. The molecule has 1 heterocycles. The molecule has 156 valence electrons. The zero-order chi connectivity index (χ0) is 22.1. The molecule has 0 saturated heterocycles. The van der Waals surface area contributed by atoms with Crippen molar-refractivity contribution in [1.29, 1.82) is 0 Å². The molecule has 0 saturated carbocycles. The van der Waals surface area contributed by atoms with Gasteiger partial charge in [0, 0.05) is 22.5 Å². The predicted molar refractivity (Wildman–Crippen MR) is 118 cm³/mol. The Bertz CT molecular complexity index is 1210. The van der Waals surface area contributed by atoms with E-state index in [0.29, 0.717) is 31.7 Å². The van der Waals surface area contributed by atoms with Gasteiger partial charge < -0.3 is 10.1 Å². The molecule has 0 aliphatic carbocycles. The maximum absolute atomic E-state index is 13.1. The first-order valence-electron chi connectivity index (χ1n) is 8.71. The molecule has 2 aromatic carbocycles. The van der Waals surface area contributed by atoms with E-state index in [2.05, 4.69) is 5.32 Å². The van der Waals surface area contributed by atoms with E-state index in [4.69, 9.17) is 16.3 Å². The second-order valence-electron chi connectivity index (χ2n) is 6.51. The van der Waals surface area contributed by atoms with E-state index < -0.39 is 15.8 Å². The van der Waals surface area contributed by atoms with Crippen LogP contribution in [-0.4, -0.2) is 33.5 Å². The minimum atomic E-state index is -3.36. The van der Waals surface area contributed by atoms with Crippen molar-refractivity contribution in [2.24, 2.45) is 0 Å². The Kier molecular flexibility index (Phi) is 6.30. The van der Waals surface area contributed by atoms with Crippen LogP contribution in [0.15, 0.2) is 53.4 Å². The molecule has 0 unspecified atom stereocenters. The van der Waals surface area contributed by atoms with Crippen molar-refractivity contribution in [2.75, 3.05) is 18.7 Å². The largest absolute Gasteiger partial charge is 0.465 e. The highest BCUT2D eigenvalue weighted by Gasteiger charge is 2.26. The molecule has 9 heteroatoms. The topological polar surface area (TPSA) is 89.5 Å². The summed E-state index contributed by atoms with van der Waals surface area (Å²) in [7, 11) is -2.09. The van der Waals surface area contributed by atoms with Gasteiger partial charge in [-0.1, -0.05) is 11.6 Å². The number of carbonyl (C=O) groups is 2. The van der Waals surface area contributed by atoms with E-state index in [-0.39, 0.29) is 16.2 Å². The number of anilines is 2. The highest BCUT2D eigenvalue weighted by molar-refractivity contribution is 7.90. The molecule has 3 aromatic rings. The summed E-state index contributed by atoms with van der Waals surface area (Å²) in [6, 6.07) is 12.6. The fourth-order valence-corrected chi connectivity index (χ4v) is 4.75. The molecule has 1 N–H and O–H groups in total. The van der Waals surface area contributed by atoms with Crippen molar-refractivity contribution >= 4 is 55.2 Å². The lowest BCUT2D eigenvalue weighted by molar-refractivity contribution is 0.0601. The molecule has 0 aliphatic rings. The van der Waals surface area contributed by atoms with Gasteiger partial charge in [0.1, 0.15) is 5.00 Å². The van der Waals surface area contributed by atoms with Crippen molar-refractivity contribution in [3.05, 3.63) is 75.1 Å². The quantitative estimate of drug-likeness (QED) is 0.414. The van der Waals surface area contributed by atoms with Crippen LogP contribution in [0.1, 0.15) is 31.2 Å². The van der Waals surface area contributed by atoms with E-state index in [1.54, 1.807) is 31.2 Å². The summed E-state index contributed by atoms with van der Waals surface area (Å²) in [6.45, 7) is 1.67. The second kappa shape index (κ2) is 8.59. The summed E-state index contributed by atoms with van der Waals surface area (Å²) < 4.78 is 28.2. The zero-order valence-electron chi connectivity index (χ0n) is 16.4. The van der Waals surface area contributed by atoms with Gasteiger partial charge in [-0.25, -0.2) is 13.2 Å². The minimum absolute atomic E-state index is 0.127. The molecule has 3 rings (SSSR count). The van der Waals surface area contributed by atoms with Gasteiger partial charge >= 0.3 is 5.97 Å². The molecule has 30 heavy (non-hydrogen) atoms. The van der Waals surface area contributed by atoms with Gasteiger partial charge in [0.2, 0.25) is 5.78 Å². The monoisotopic (exact) mass is 463 g/mol. The molecule has 6 nitrogen and oxygen atoms in total. The van der Waals surface area contributed by atoms with Crippen LogP contribution >= 0.6 is 22.9 Å². The van der Waals surface area contributed by atoms with Crippen molar-refractivity contribution in [3.8, 4) is 0 Å². The smallest absolute Gasteiger partial charge is 0.341 e. The van der Waals surface area contributed by atoms with Gasteiger partial charge in [0.15, 0.2) is 9.84 Å². The van der Waals surface area contributed by atoms with Crippen molar-refractivity contribution in [2.45, 2.75) is 11.8 Å². The number of halogens is 1. The number of esters is 1. The predicted octanol–water partition coefficient (Wildman–Crippen LogP) is 4.87. The minimum Gasteiger partial charge on any atom is -0.465 e. The number of nitrogens with one attached hydrogen (secondary N) is 1. The molecule has 1 aromatic heterocycles. The van der Waals surface area contributed by atoms with Crippen LogP contribution in [0.3, 0.4) is 0 Å². The van der Waals surface area contributed by atoms with E-state index in [1.807, 2.05) is 0 Å². The molecule has 0 atom stereocenters. The average Bonchev–Trinajstić information content (AvgIpc) is 3.04. The third kappa shape index (κ3) is 4.56. The van der Waals surface area contributed by atoms with Crippen molar-refractivity contribution in [1.82, 2.24) is 0 Å². The summed E-state index contributed by atoms with van der Waals surface area (Å²) in [6.07, 6.45) is 1.10. The number of hydrogen-bond donors (Lipinski definition) is 1. The van der Waals surface area contributed by atoms with Crippen LogP contribution in [0, 0.1) is 6.92 Å². The van der Waals surface area contributed by atoms with Gasteiger partial charge in [-0.2, -0.15) is 0 Å². The second-order valence-corrected chi connectivity index (χ2v) is 9.98.